The highest BCUT2D eigenvalue weighted by Gasteiger charge is 2.48. The van der Waals surface area contributed by atoms with Crippen molar-refractivity contribution in [3.8, 4) is 0 Å². The number of nitrogens with zero attached hydrogens (tertiary/aromatic N) is 2. The van der Waals surface area contributed by atoms with E-state index in [2.05, 4.69) is 5.32 Å². The summed E-state index contributed by atoms with van der Waals surface area (Å²) in [6.45, 7) is 1.76. The lowest BCUT2D eigenvalue weighted by Gasteiger charge is -2.39. The Balaban J connectivity index is 0.00000245. The van der Waals surface area contributed by atoms with Gasteiger partial charge in [-0.2, -0.15) is 4.31 Å². The summed E-state index contributed by atoms with van der Waals surface area (Å²) in [4.78, 5) is 24.1. The number of amides is 1. The second-order valence-corrected chi connectivity index (χ2v) is 11.0. The molecule has 0 spiro atoms. The van der Waals surface area contributed by atoms with Gasteiger partial charge < -0.3 is 15.5 Å². The molecule has 3 aliphatic heterocycles. The molecular formula is C21H29ClN4O5S. The maximum atomic E-state index is 13.3. The van der Waals surface area contributed by atoms with Crippen LogP contribution in [0.4, 0.5) is 0 Å². The first kappa shape index (κ1) is 23.3. The molecule has 4 heterocycles. The van der Waals surface area contributed by atoms with Crippen molar-refractivity contribution in [2.24, 2.45) is 11.7 Å². The maximum Gasteiger partial charge on any atom is 0.420 e. The number of primary amides is 1. The zero-order valence-corrected chi connectivity index (χ0v) is 19.4. The van der Waals surface area contributed by atoms with Gasteiger partial charge in [-0.15, -0.1) is 12.4 Å². The molecule has 9 nitrogen and oxygen atoms in total. The second kappa shape index (κ2) is 8.81. The summed E-state index contributed by atoms with van der Waals surface area (Å²) in [6, 6.07) is 4.46. The molecule has 1 amide bonds. The number of nitrogens with one attached hydrogen (secondary N) is 1. The van der Waals surface area contributed by atoms with Gasteiger partial charge in [0.05, 0.1) is 11.3 Å². The normalized spacial score (nSPS) is 26.8. The Morgan fingerprint density at radius 2 is 1.75 bits per heavy atom. The Bertz CT molecular complexity index is 1160. The van der Waals surface area contributed by atoms with Crippen molar-refractivity contribution in [3.05, 3.63) is 34.3 Å². The number of hydrogen-bond donors (Lipinski definition) is 2. The Hall–Kier alpha value is -1.88. The van der Waals surface area contributed by atoms with Crippen molar-refractivity contribution in [2.75, 3.05) is 18.8 Å². The summed E-state index contributed by atoms with van der Waals surface area (Å²) in [6.07, 6.45) is 4.62. The number of sulfonamides is 1. The number of halogens is 1. The first-order valence-corrected chi connectivity index (χ1v) is 12.6. The Kier molecular flexibility index (Phi) is 6.41. The van der Waals surface area contributed by atoms with Gasteiger partial charge in [-0.25, -0.2) is 13.2 Å². The second-order valence-electron chi connectivity index (χ2n) is 9.10. The van der Waals surface area contributed by atoms with Crippen LogP contribution >= 0.6 is 12.4 Å². The number of oxazole rings is 1. The van der Waals surface area contributed by atoms with E-state index < -0.39 is 21.7 Å². The average molecular weight is 485 g/mol. The number of fused-ring (bicyclic) bond motifs is 3. The molecule has 2 atom stereocenters. The molecule has 0 radical (unpaired) electrons. The lowest BCUT2D eigenvalue weighted by atomic mass is 9.99. The van der Waals surface area contributed by atoms with Crippen LogP contribution < -0.4 is 16.8 Å². The summed E-state index contributed by atoms with van der Waals surface area (Å²) >= 11 is 0. The molecule has 3 saturated heterocycles. The average Bonchev–Trinajstić information content (AvgIpc) is 3.21. The van der Waals surface area contributed by atoms with Crippen molar-refractivity contribution >= 4 is 39.4 Å². The van der Waals surface area contributed by atoms with Gasteiger partial charge in [-0.1, -0.05) is 0 Å². The fourth-order valence-corrected chi connectivity index (χ4v) is 8.13. The molecule has 11 heteroatoms. The summed E-state index contributed by atoms with van der Waals surface area (Å²) < 4.78 is 35.3. The van der Waals surface area contributed by atoms with Crippen LogP contribution in [0.2, 0.25) is 0 Å². The van der Waals surface area contributed by atoms with Gasteiger partial charge in [0, 0.05) is 23.7 Å². The van der Waals surface area contributed by atoms with E-state index in [0.29, 0.717) is 23.9 Å². The third-order valence-electron chi connectivity index (χ3n) is 7.13. The zero-order chi connectivity index (χ0) is 21.8. The monoisotopic (exact) mass is 484 g/mol. The van der Waals surface area contributed by atoms with E-state index in [1.807, 2.05) is 0 Å². The van der Waals surface area contributed by atoms with E-state index in [1.54, 1.807) is 21.0 Å². The van der Waals surface area contributed by atoms with E-state index in [-0.39, 0.29) is 47.8 Å². The molecule has 3 fully saturated rings. The molecule has 0 saturated carbocycles. The largest absolute Gasteiger partial charge is 0.420 e. The standard InChI is InChI=1S/C21H28N4O5S.ClH/c22-20(26)14-1-4-18-19(9-14)30-21(27)24(18)17-10-15-2-3-16(11-17)25(15)31(28,29)12-13-5-7-23-8-6-13;/h1,4,9,13,15-17,23H,2-3,5-8,10-12H2,(H2,22,26);1H/t15-,16-;/m1./s1. The van der Waals surface area contributed by atoms with Gasteiger partial charge in [-0.3, -0.25) is 9.36 Å². The predicted molar refractivity (Wildman–Crippen MR) is 123 cm³/mol. The number of benzene rings is 1. The van der Waals surface area contributed by atoms with Crippen LogP contribution in [-0.2, 0) is 10.0 Å². The number of aromatic nitrogens is 1. The van der Waals surface area contributed by atoms with Crippen molar-refractivity contribution in [1.82, 2.24) is 14.2 Å². The van der Waals surface area contributed by atoms with E-state index in [9.17, 15) is 18.0 Å². The quantitative estimate of drug-likeness (QED) is 0.663. The molecule has 2 bridgehead atoms. The number of rotatable bonds is 5. The maximum absolute atomic E-state index is 13.3. The molecule has 2 aromatic rings. The zero-order valence-electron chi connectivity index (χ0n) is 17.7. The highest BCUT2D eigenvalue weighted by Crippen LogP contribution is 2.43. The summed E-state index contributed by atoms with van der Waals surface area (Å²) in [5, 5.41) is 3.29. The first-order chi connectivity index (χ1) is 14.8. The van der Waals surface area contributed by atoms with Gasteiger partial charge in [0.1, 0.15) is 0 Å². The summed E-state index contributed by atoms with van der Waals surface area (Å²) in [5.41, 5.74) is 6.56. The third kappa shape index (κ3) is 4.09. The van der Waals surface area contributed by atoms with Gasteiger partial charge in [-0.05, 0) is 75.7 Å². The minimum atomic E-state index is -3.34. The fraction of sp³-hybridized carbons (Fsp3) is 0.619. The molecule has 32 heavy (non-hydrogen) atoms. The van der Waals surface area contributed by atoms with Crippen LogP contribution in [0.1, 0.15) is 54.9 Å². The lowest BCUT2D eigenvalue weighted by molar-refractivity contribution is 0.1000. The van der Waals surface area contributed by atoms with Crippen molar-refractivity contribution < 1.29 is 17.6 Å². The topological polar surface area (TPSA) is 128 Å². The Labute approximate surface area is 192 Å². The van der Waals surface area contributed by atoms with E-state index in [4.69, 9.17) is 10.2 Å². The van der Waals surface area contributed by atoms with E-state index >= 15 is 0 Å². The number of carbonyl (C=O) groups excluding carboxylic acids is 1. The van der Waals surface area contributed by atoms with Crippen molar-refractivity contribution in [2.45, 2.75) is 56.7 Å². The number of piperidine rings is 2. The van der Waals surface area contributed by atoms with Crippen molar-refractivity contribution in [3.63, 3.8) is 0 Å². The highest BCUT2D eigenvalue weighted by molar-refractivity contribution is 7.89. The van der Waals surface area contributed by atoms with Crippen LogP contribution in [0.5, 0.6) is 0 Å². The number of nitrogens with two attached hydrogens (primary N) is 1. The number of carbonyl (C=O) groups is 1. The molecule has 3 N–H and O–H groups in total. The molecular weight excluding hydrogens is 456 g/mol. The van der Waals surface area contributed by atoms with Crippen molar-refractivity contribution in [1.29, 1.82) is 0 Å². The molecule has 5 rings (SSSR count). The van der Waals surface area contributed by atoms with Crippen LogP contribution in [0.25, 0.3) is 11.1 Å². The van der Waals surface area contributed by atoms with Crippen LogP contribution in [0, 0.1) is 5.92 Å². The molecule has 1 aromatic carbocycles. The Morgan fingerprint density at radius 1 is 1.09 bits per heavy atom. The minimum absolute atomic E-state index is 0. The molecule has 176 valence electrons. The molecule has 0 aliphatic carbocycles. The molecule has 1 aromatic heterocycles. The van der Waals surface area contributed by atoms with E-state index in [1.165, 1.54) is 6.07 Å². The van der Waals surface area contributed by atoms with Gasteiger partial charge in [0.2, 0.25) is 15.9 Å². The van der Waals surface area contributed by atoms with Gasteiger partial charge >= 0.3 is 5.76 Å². The van der Waals surface area contributed by atoms with Crippen LogP contribution in [0.3, 0.4) is 0 Å². The SMILES string of the molecule is Cl.NC(=O)c1ccc2c(c1)oc(=O)n2C1C[C@H]2CC[C@H](C1)N2S(=O)(=O)CC1CCNCC1. The van der Waals surface area contributed by atoms with Gasteiger partial charge in [0.15, 0.2) is 5.58 Å². The smallest absolute Gasteiger partial charge is 0.408 e. The van der Waals surface area contributed by atoms with E-state index in [0.717, 1.165) is 38.8 Å². The van der Waals surface area contributed by atoms with Crippen LogP contribution in [-0.4, -0.2) is 54.1 Å². The van der Waals surface area contributed by atoms with Gasteiger partial charge in [0.25, 0.3) is 0 Å². The third-order valence-corrected chi connectivity index (χ3v) is 9.26. The Morgan fingerprint density at radius 3 is 2.38 bits per heavy atom. The lowest BCUT2D eigenvalue weighted by Crippen LogP contribution is -2.49. The predicted octanol–water partition coefficient (Wildman–Crippen LogP) is 1.61. The minimum Gasteiger partial charge on any atom is -0.408 e. The molecule has 3 aliphatic rings. The van der Waals surface area contributed by atoms with Crippen LogP contribution in [0.15, 0.2) is 27.4 Å². The fourth-order valence-electron chi connectivity index (χ4n) is 5.74. The summed E-state index contributed by atoms with van der Waals surface area (Å²) in [5.74, 6) is -0.630. The highest BCUT2D eigenvalue weighted by atomic mass is 35.5. The number of hydrogen-bond acceptors (Lipinski definition) is 6. The first-order valence-electron chi connectivity index (χ1n) is 11.0. The summed E-state index contributed by atoms with van der Waals surface area (Å²) in [7, 11) is -3.34. The molecule has 0 unspecified atom stereocenters.